The van der Waals surface area contributed by atoms with Crippen molar-refractivity contribution >= 4 is 55.4 Å². The predicted molar refractivity (Wildman–Crippen MR) is 67.0 cm³/mol. The van der Waals surface area contributed by atoms with Crippen LogP contribution in [0.25, 0.3) is 0 Å². The van der Waals surface area contributed by atoms with Gasteiger partial charge in [0.15, 0.2) is 0 Å². The van der Waals surface area contributed by atoms with Crippen LogP contribution >= 0.6 is 0 Å². The van der Waals surface area contributed by atoms with E-state index < -0.39 is 55.4 Å². The summed E-state index contributed by atoms with van der Waals surface area (Å²) < 4.78 is 7.87. The zero-order chi connectivity index (χ0) is 12.9. The number of carboxylic acids is 2. The maximum atomic E-state index is 11.0. The Morgan fingerprint density at radius 1 is 0.875 bits per heavy atom. The third-order valence-electron chi connectivity index (χ3n) is 2.53. The van der Waals surface area contributed by atoms with Crippen molar-refractivity contribution in [3.63, 3.8) is 0 Å². The summed E-state index contributed by atoms with van der Waals surface area (Å²) in [5.74, 6) is -1.43. The van der Waals surface area contributed by atoms with Gasteiger partial charge in [0.1, 0.15) is 0 Å². The average molecular weight is 622 g/mol. The third kappa shape index (κ3) is 5.86. The van der Waals surface area contributed by atoms with Crippen LogP contribution in [0.4, 0.5) is 0 Å². The van der Waals surface area contributed by atoms with Crippen molar-refractivity contribution in [2.75, 3.05) is 0 Å². The fourth-order valence-electron chi connectivity index (χ4n) is 1.52. The van der Waals surface area contributed by atoms with Gasteiger partial charge in [0.2, 0.25) is 0 Å². The topological polar surface area (TPSA) is 74.6 Å². The van der Waals surface area contributed by atoms with Gasteiger partial charge in [-0.1, -0.05) is 0 Å². The Kier molecular flexibility index (Phi) is 8.27. The fraction of sp³-hybridized carbons (Fsp3) is 0.800. The van der Waals surface area contributed by atoms with E-state index in [1.165, 1.54) is 0 Å². The molecule has 6 heteroatoms. The first-order chi connectivity index (χ1) is 7.27. The van der Waals surface area contributed by atoms with E-state index in [1.54, 1.807) is 0 Å². The number of carboxylic acid groups (broad SMARTS) is 2. The van der Waals surface area contributed by atoms with E-state index in [-0.39, 0.29) is 7.25 Å². The Balaban J connectivity index is 4.38. The zero-order valence-electron chi connectivity index (χ0n) is 10.2. The molecule has 0 saturated heterocycles. The van der Waals surface area contributed by atoms with Crippen molar-refractivity contribution in [2.24, 2.45) is 0 Å². The Hall–Kier alpha value is 0.706. The summed E-state index contributed by atoms with van der Waals surface area (Å²) in [7, 11) is 0. The van der Waals surface area contributed by atoms with E-state index in [1.807, 2.05) is 0 Å². The standard InChI is InChI=1S/C6H8O4.4CH3.2Bi/c7-5(8)3-1-2-4-6(9)10;;;;;;/h3-4H,1-2H2,(H,7,8)(H,9,10);4*1H3;;. The van der Waals surface area contributed by atoms with Gasteiger partial charge in [-0.3, -0.25) is 0 Å². The number of hydrogen-bond acceptors (Lipinski definition) is 2. The van der Waals surface area contributed by atoms with Gasteiger partial charge in [0, 0.05) is 0 Å². The molecule has 0 amide bonds. The second-order valence-electron chi connectivity index (χ2n) is 4.21. The van der Waals surface area contributed by atoms with Gasteiger partial charge >= 0.3 is 114 Å². The first-order valence-electron chi connectivity index (χ1n) is 5.05. The Morgan fingerprint density at radius 3 is 1.25 bits per heavy atom. The SMILES string of the molecule is [CH3][Bi]([CH3])[CH](CC[CH](C(=O)O)[Bi]([CH3])[CH3])C(=O)O. The predicted octanol–water partition coefficient (Wildman–Crippen LogP) is 2.18. The van der Waals surface area contributed by atoms with Gasteiger partial charge in [-0.25, -0.2) is 0 Å². The van der Waals surface area contributed by atoms with Crippen LogP contribution in [0.1, 0.15) is 12.8 Å². The number of rotatable bonds is 7. The monoisotopic (exact) mass is 622 g/mol. The molecule has 0 saturated carbocycles. The molecule has 16 heavy (non-hydrogen) atoms. The number of aliphatic carboxylic acids is 2. The van der Waals surface area contributed by atoms with E-state index in [9.17, 15) is 9.59 Å². The first kappa shape index (κ1) is 16.7. The summed E-state index contributed by atoms with van der Waals surface area (Å²) in [4.78, 5) is 22.0. The van der Waals surface area contributed by atoms with Gasteiger partial charge in [-0.2, -0.15) is 0 Å². The molecule has 0 bridgehead atoms. The summed E-state index contributed by atoms with van der Waals surface area (Å²) >= 11 is -3.68. The minimum atomic E-state index is -1.84. The second kappa shape index (κ2) is 7.92. The molecule has 0 aromatic rings. The molecule has 0 aromatic carbocycles. The normalized spacial score (nSPS) is 15.1. The molecule has 4 nitrogen and oxygen atoms in total. The van der Waals surface area contributed by atoms with Gasteiger partial charge < -0.3 is 0 Å². The summed E-state index contributed by atoms with van der Waals surface area (Å²) in [5.41, 5.74) is 0. The molecule has 2 unspecified atom stereocenters. The quantitative estimate of drug-likeness (QED) is 0.428. The van der Waals surface area contributed by atoms with Crippen LogP contribution in [-0.2, 0) is 9.59 Å². The van der Waals surface area contributed by atoms with Crippen LogP contribution < -0.4 is 0 Å². The summed E-state index contributed by atoms with van der Waals surface area (Å²) in [6.07, 6.45) is 1.15. The van der Waals surface area contributed by atoms with Crippen molar-refractivity contribution in [2.45, 2.75) is 38.6 Å². The molecule has 0 aromatic heterocycles. The summed E-state index contributed by atoms with van der Waals surface area (Å²) in [6.45, 7) is 0. The minimum absolute atomic E-state index is 0.208. The van der Waals surface area contributed by atoms with E-state index >= 15 is 0 Å². The molecule has 0 aliphatic rings. The summed E-state index contributed by atoms with van der Waals surface area (Å²) in [6, 6.07) is 0. The molecule has 0 radical (unpaired) electrons. The van der Waals surface area contributed by atoms with Gasteiger partial charge in [0.25, 0.3) is 0 Å². The molecule has 0 rings (SSSR count). The maximum absolute atomic E-state index is 11.0. The Bertz CT molecular complexity index is 227. The van der Waals surface area contributed by atoms with Crippen LogP contribution in [0.5, 0.6) is 0 Å². The van der Waals surface area contributed by atoms with Crippen molar-refractivity contribution in [1.29, 1.82) is 0 Å². The molecule has 2 N–H and O–H groups in total. The van der Waals surface area contributed by atoms with E-state index in [0.717, 1.165) is 0 Å². The van der Waals surface area contributed by atoms with Crippen LogP contribution in [0.2, 0.25) is 25.8 Å². The average Bonchev–Trinajstić information content (AvgIpc) is 2.09. The van der Waals surface area contributed by atoms with Gasteiger partial charge in [-0.15, -0.1) is 0 Å². The zero-order valence-corrected chi connectivity index (χ0v) is 17.1. The Morgan fingerprint density at radius 2 is 1.12 bits per heavy atom. The molecule has 0 aliphatic heterocycles. The van der Waals surface area contributed by atoms with E-state index in [0.29, 0.717) is 12.8 Å². The van der Waals surface area contributed by atoms with Gasteiger partial charge in [-0.05, 0) is 0 Å². The van der Waals surface area contributed by atoms with Crippen molar-refractivity contribution in [1.82, 2.24) is 0 Å². The molecule has 2 atom stereocenters. The number of carbonyl (C=O) groups is 2. The molecule has 0 heterocycles. The van der Waals surface area contributed by atoms with Crippen LogP contribution in [0.3, 0.4) is 0 Å². The van der Waals surface area contributed by atoms with E-state index in [4.69, 9.17) is 10.2 Å². The van der Waals surface area contributed by atoms with Gasteiger partial charge in [0.05, 0.1) is 0 Å². The molecule has 0 aliphatic carbocycles. The molecular formula is C10H20Bi2O4. The third-order valence-corrected chi connectivity index (χ3v) is 15.9. The van der Waals surface area contributed by atoms with Crippen molar-refractivity contribution in [3.8, 4) is 0 Å². The molecule has 0 spiro atoms. The molecular weight excluding hydrogens is 602 g/mol. The van der Waals surface area contributed by atoms with Crippen LogP contribution in [0.15, 0.2) is 0 Å². The Labute approximate surface area is 113 Å². The van der Waals surface area contributed by atoms with Crippen LogP contribution in [-0.4, -0.2) is 65.7 Å². The van der Waals surface area contributed by atoms with Crippen LogP contribution in [0, 0.1) is 0 Å². The molecule has 94 valence electrons. The second-order valence-corrected chi connectivity index (χ2v) is 24.0. The fourth-order valence-corrected chi connectivity index (χ4v) is 10.1. The molecule has 0 fully saturated rings. The first-order valence-corrected chi connectivity index (χ1v) is 23.0. The van der Waals surface area contributed by atoms with E-state index in [2.05, 4.69) is 18.5 Å². The van der Waals surface area contributed by atoms with Crippen molar-refractivity contribution < 1.29 is 19.8 Å². The number of hydrogen-bond donors (Lipinski definition) is 2. The van der Waals surface area contributed by atoms with Crippen molar-refractivity contribution in [3.05, 3.63) is 0 Å². The summed E-state index contributed by atoms with van der Waals surface area (Å²) in [5, 5.41) is 18.1.